The molecule has 2 aromatic rings. The van der Waals surface area contributed by atoms with Crippen LogP contribution in [0, 0.1) is 20.2 Å². The maximum absolute atomic E-state index is 11.2. The van der Waals surface area contributed by atoms with Crippen molar-refractivity contribution in [1.82, 2.24) is 0 Å². The molecule has 0 aliphatic heterocycles. The van der Waals surface area contributed by atoms with Crippen molar-refractivity contribution in [3.05, 3.63) is 80.9 Å². The maximum Gasteiger partial charge on any atom is 0.310 e. The lowest BCUT2D eigenvalue weighted by molar-refractivity contribution is -0.386. The van der Waals surface area contributed by atoms with Crippen LogP contribution in [0.1, 0.15) is 12.8 Å². The van der Waals surface area contributed by atoms with Crippen LogP contribution < -0.4 is 9.47 Å². The van der Waals surface area contributed by atoms with Crippen LogP contribution >= 0.6 is 0 Å². The van der Waals surface area contributed by atoms with Crippen molar-refractivity contribution >= 4 is 11.4 Å². The Morgan fingerprint density at radius 3 is 1.96 bits per heavy atom. The van der Waals surface area contributed by atoms with Gasteiger partial charge in [0.2, 0.25) is 0 Å². The number of ether oxygens (including phenoxy) is 2. The molecule has 0 saturated carbocycles. The summed E-state index contributed by atoms with van der Waals surface area (Å²) in [5.74, 6) is 0.277. The number of hydrogen-bond acceptors (Lipinski definition) is 6. The number of nitro groups is 2. The number of para-hydroxylation sites is 4. The van der Waals surface area contributed by atoms with Crippen molar-refractivity contribution < 1.29 is 19.3 Å². The summed E-state index contributed by atoms with van der Waals surface area (Å²) in [6.07, 6.45) is 3.87. The fourth-order valence-corrected chi connectivity index (χ4v) is 2.75. The third-order valence-electron chi connectivity index (χ3n) is 3.98. The molecule has 8 heteroatoms. The van der Waals surface area contributed by atoms with Gasteiger partial charge in [-0.3, -0.25) is 20.2 Å². The highest BCUT2D eigenvalue weighted by Gasteiger charge is 2.29. The lowest BCUT2D eigenvalue weighted by Gasteiger charge is -2.28. The Labute approximate surface area is 149 Å². The van der Waals surface area contributed by atoms with Gasteiger partial charge in [-0.05, 0) is 31.1 Å². The molecule has 0 aromatic heterocycles. The topological polar surface area (TPSA) is 105 Å². The van der Waals surface area contributed by atoms with Gasteiger partial charge in [0.15, 0.2) is 17.6 Å². The Kier molecular flexibility index (Phi) is 5.12. The van der Waals surface area contributed by atoms with E-state index in [2.05, 4.69) is 0 Å². The minimum Gasteiger partial charge on any atom is -0.479 e. The third kappa shape index (κ3) is 3.80. The first-order valence-corrected chi connectivity index (χ1v) is 8.03. The zero-order valence-corrected chi connectivity index (χ0v) is 13.7. The fourth-order valence-electron chi connectivity index (χ4n) is 2.75. The third-order valence-corrected chi connectivity index (χ3v) is 3.98. The number of nitrogens with zero attached hydrogens (tertiary/aromatic N) is 2. The van der Waals surface area contributed by atoms with Gasteiger partial charge in [-0.15, -0.1) is 0 Å². The highest BCUT2D eigenvalue weighted by atomic mass is 16.6. The van der Waals surface area contributed by atoms with E-state index in [1.807, 2.05) is 6.08 Å². The minimum atomic E-state index is -0.593. The molecule has 0 N–H and O–H groups in total. The highest BCUT2D eigenvalue weighted by Crippen LogP contribution is 2.32. The van der Waals surface area contributed by atoms with Gasteiger partial charge >= 0.3 is 11.4 Å². The largest absolute Gasteiger partial charge is 0.479 e. The zero-order chi connectivity index (χ0) is 18.5. The number of hydrogen-bond donors (Lipinski definition) is 0. The normalized spacial score (nSPS) is 18.9. The summed E-state index contributed by atoms with van der Waals surface area (Å²) < 4.78 is 11.7. The van der Waals surface area contributed by atoms with Gasteiger partial charge in [0.1, 0.15) is 6.10 Å². The molecule has 1 aliphatic carbocycles. The summed E-state index contributed by atoms with van der Waals surface area (Å²) >= 11 is 0. The maximum atomic E-state index is 11.2. The van der Waals surface area contributed by atoms with E-state index in [4.69, 9.17) is 9.47 Å². The predicted octanol–water partition coefficient (Wildman–Crippen LogP) is 4.05. The molecule has 134 valence electrons. The second-order valence-corrected chi connectivity index (χ2v) is 5.69. The average molecular weight is 356 g/mol. The summed E-state index contributed by atoms with van der Waals surface area (Å²) in [5, 5.41) is 22.3. The van der Waals surface area contributed by atoms with Crippen molar-refractivity contribution in [2.75, 3.05) is 0 Å². The molecular weight excluding hydrogens is 340 g/mol. The van der Waals surface area contributed by atoms with Gasteiger partial charge in [0, 0.05) is 12.1 Å². The van der Waals surface area contributed by atoms with Crippen molar-refractivity contribution in [3.63, 3.8) is 0 Å². The van der Waals surface area contributed by atoms with Crippen LogP contribution in [0.3, 0.4) is 0 Å². The van der Waals surface area contributed by atoms with E-state index in [0.29, 0.717) is 6.42 Å². The first-order valence-electron chi connectivity index (χ1n) is 8.03. The van der Waals surface area contributed by atoms with Gasteiger partial charge < -0.3 is 9.47 Å². The number of rotatable bonds is 6. The molecule has 0 unspecified atom stereocenters. The van der Waals surface area contributed by atoms with Crippen molar-refractivity contribution in [2.24, 2.45) is 0 Å². The van der Waals surface area contributed by atoms with E-state index in [9.17, 15) is 20.2 Å². The van der Waals surface area contributed by atoms with Crippen LogP contribution in [-0.2, 0) is 0 Å². The first-order chi connectivity index (χ1) is 12.6. The summed E-state index contributed by atoms with van der Waals surface area (Å²) in [4.78, 5) is 21.3. The molecule has 0 spiro atoms. The molecule has 0 heterocycles. The number of benzene rings is 2. The van der Waals surface area contributed by atoms with Gasteiger partial charge in [-0.1, -0.05) is 30.3 Å². The fraction of sp³-hybridized carbons (Fsp3) is 0.222. The quantitative estimate of drug-likeness (QED) is 0.439. The van der Waals surface area contributed by atoms with Crippen LogP contribution in [-0.4, -0.2) is 22.1 Å². The van der Waals surface area contributed by atoms with Gasteiger partial charge in [-0.2, -0.15) is 0 Å². The first kappa shape index (κ1) is 17.4. The Morgan fingerprint density at radius 2 is 1.38 bits per heavy atom. The Bertz CT molecular complexity index is 851. The standard InChI is InChI=1S/C18H16N2O6/c21-19(22)13-7-1-3-9-15(13)25-17-11-5-6-12-18(17)26-16-10-4-2-8-14(16)20(23)24/h1-5,7-11,17-18H,6,12H2/t17-,18-/m1/s1. The van der Waals surface area contributed by atoms with Crippen LogP contribution in [0.2, 0.25) is 0 Å². The SMILES string of the molecule is O=[N+]([O-])c1ccccc1O[C@@H]1C=CCC[C@H]1Oc1ccccc1[N+](=O)[O-]. The summed E-state index contributed by atoms with van der Waals surface area (Å²) in [6.45, 7) is 0. The van der Waals surface area contributed by atoms with Crippen LogP contribution in [0.15, 0.2) is 60.7 Å². The zero-order valence-electron chi connectivity index (χ0n) is 13.7. The van der Waals surface area contributed by atoms with Crippen molar-refractivity contribution in [1.29, 1.82) is 0 Å². The van der Waals surface area contributed by atoms with Gasteiger partial charge in [0.05, 0.1) is 9.85 Å². The van der Waals surface area contributed by atoms with Crippen LogP contribution in [0.4, 0.5) is 11.4 Å². The van der Waals surface area contributed by atoms with E-state index in [1.165, 1.54) is 24.3 Å². The van der Waals surface area contributed by atoms with E-state index in [-0.39, 0.29) is 22.9 Å². The van der Waals surface area contributed by atoms with E-state index >= 15 is 0 Å². The molecule has 2 aromatic carbocycles. The lowest BCUT2D eigenvalue weighted by Crippen LogP contribution is -2.37. The Balaban J connectivity index is 1.84. The van der Waals surface area contributed by atoms with E-state index in [0.717, 1.165) is 6.42 Å². The molecule has 2 atom stereocenters. The summed E-state index contributed by atoms with van der Waals surface area (Å²) in [7, 11) is 0. The molecule has 0 saturated heterocycles. The molecule has 0 amide bonds. The number of allylic oxidation sites excluding steroid dienone is 1. The Hall–Kier alpha value is -3.42. The van der Waals surface area contributed by atoms with Crippen LogP contribution in [0.5, 0.6) is 11.5 Å². The molecule has 8 nitrogen and oxygen atoms in total. The monoisotopic (exact) mass is 356 g/mol. The second kappa shape index (κ2) is 7.64. The molecule has 0 bridgehead atoms. The molecule has 0 fully saturated rings. The molecular formula is C18H16N2O6. The molecule has 26 heavy (non-hydrogen) atoms. The van der Waals surface area contributed by atoms with E-state index in [1.54, 1.807) is 30.3 Å². The second-order valence-electron chi connectivity index (χ2n) is 5.69. The van der Waals surface area contributed by atoms with Crippen LogP contribution in [0.25, 0.3) is 0 Å². The minimum absolute atomic E-state index is 0.130. The predicted molar refractivity (Wildman–Crippen MR) is 93.4 cm³/mol. The molecule has 0 radical (unpaired) electrons. The van der Waals surface area contributed by atoms with E-state index < -0.39 is 22.1 Å². The number of nitro benzene ring substituents is 2. The van der Waals surface area contributed by atoms with Crippen molar-refractivity contribution in [2.45, 2.75) is 25.0 Å². The summed E-state index contributed by atoms with van der Waals surface area (Å²) in [6, 6.07) is 12.2. The Morgan fingerprint density at radius 1 is 0.846 bits per heavy atom. The van der Waals surface area contributed by atoms with Gasteiger partial charge in [0.25, 0.3) is 0 Å². The molecule has 3 rings (SSSR count). The van der Waals surface area contributed by atoms with Gasteiger partial charge in [-0.25, -0.2) is 0 Å². The average Bonchev–Trinajstić information content (AvgIpc) is 2.64. The summed E-state index contributed by atoms with van der Waals surface area (Å²) in [5.41, 5.74) is -0.276. The highest BCUT2D eigenvalue weighted by molar-refractivity contribution is 5.47. The lowest BCUT2D eigenvalue weighted by atomic mass is 10.0. The smallest absolute Gasteiger partial charge is 0.310 e. The molecule has 1 aliphatic rings. The van der Waals surface area contributed by atoms with Crippen molar-refractivity contribution in [3.8, 4) is 11.5 Å².